The van der Waals surface area contributed by atoms with Gasteiger partial charge in [-0.1, -0.05) is 27.7 Å². The zero-order chi connectivity index (χ0) is 9.64. The molecule has 0 heteroatoms. The van der Waals surface area contributed by atoms with Crippen LogP contribution in [0.15, 0.2) is 0 Å². The van der Waals surface area contributed by atoms with Crippen molar-refractivity contribution in [1.82, 2.24) is 0 Å². The van der Waals surface area contributed by atoms with E-state index >= 15 is 0 Å². The van der Waals surface area contributed by atoms with E-state index in [1.54, 1.807) is 12.8 Å². The van der Waals surface area contributed by atoms with E-state index in [2.05, 4.69) is 27.7 Å². The van der Waals surface area contributed by atoms with E-state index in [0.29, 0.717) is 0 Å². The summed E-state index contributed by atoms with van der Waals surface area (Å²) in [7, 11) is 0. The van der Waals surface area contributed by atoms with Crippen LogP contribution < -0.4 is 0 Å². The summed E-state index contributed by atoms with van der Waals surface area (Å²) in [6.45, 7) is 9.64. The molecule has 2 aliphatic carbocycles. The molecule has 0 nitrogen and oxygen atoms in total. The zero-order valence-corrected chi connectivity index (χ0v) is 9.64. The van der Waals surface area contributed by atoms with Crippen LogP contribution in [0.1, 0.15) is 53.4 Å². The van der Waals surface area contributed by atoms with Gasteiger partial charge in [0.1, 0.15) is 0 Å². The van der Waals surface area contributed by atoms with Gasteiger partial charge in [-0.25, -0.2) is 0 Å². The molecule has 0 heterocycles. The molecule has 76 valence electrons. The molecule has 0 aromatic heterocycles. The second-order valence-corrected chi connectivity index (χ2v) is 6.31. The molecule has 4 atom stereocenters. The van der Waals surface area contributed by atoms with Gasteiger partial charge in [-0.05, 0) is 54.8 Å². The molecule has 0 aromatic rings. The fraction of sp³-hybridized carbons (Fsp3) is 1.00. The molecule has 2 aliphatic rings. The largest absolute Gasteiger partial charge is 0.0628 e. The highest BCUT2D eigenvalue weighted by Gasteiger charge is 2.63. The van der Waals surface area contributed by atoms with Gasteiger partial charge in [-0.2, -0.15) is 0 Å². The fourth-order valence-corrected chi connectivity index (χ4v) is 3.53. The van der Waals surface area contributed by atoms with Crippen LogP contribution in [0.25, 0.3) is 0 Å². The normalized spacial score (nSPS) is 44.1. The molecule has 13 heavy (non-hydrogen) atoms. The van der Waals surface area contributed by atoms with Gasteiger partial charge < -0.3 is 0 Å². The summed E-state index contributed by atoms with van der Waals surface area (Å²) in [5.41, 5.74) is 0.825. The fourth-order valence-electron chi connectivity index (χ4n) is 3.53. The maximum atomic E-state index is 2.51. The third-order valence-electron chi connectivity index (χ3n) is 4.52. The molecule has 0 radical (unpaired) electrons. The van der Waals surface area contributed by atoms with Gasteiger partial charge in [0.25, 0.3) is 0 Å². The van der Waals surface area contributed by atoms with Crippen molar-refractivity contribution in [2.45, 2.75) is 53.4 Å². The molecule has 0 saturated heterocycles. The third-order valence-corrected chi connectivity index (χ3v) is 4.52. The molecule has 0 aliphatic heterocycles. The Morgan fingerprint density at radius 2 is 2.00 bits per heavy atom. The number of fused-ring (bicyclic) bond motifs is 1. The highest BCUT2D eigenvalue weighted by atomic mass is 14.7. The lowest BCUT2D eigenvalue weighted by Gasteiger charge is -2.36. The van der Waals surface area contributed by atoms with Crippen LogP contribution in [0.4, 0.5) is 0 Å². The Balaban J connectivity index is 1.73. The number of rotatable bonds is 4. The van der Waals surface area contributed by atoms with Crippen molar-refractivity contribution in [2.24, 2.45) is 29.1 Å². The Labute approximate surface area is 83.1 Å². The molecule has 0 N–H and O–H groups in total. The first kappa shape index (κ1) is 9.55. The summed E-state index contributed by atoms with van der Waals surface area (Å²) < 4.78 is 0. The van der Waals surface area contributed by atoms with Crippen LogP contribution in [0.2, 0.25) is 0 Å². The summed E-state index contributed by atoms with van der Waals surface area (Å²) in [6.07, 6.45) is 6.04. The Bertz CT molecular complexity index is 194. The molecule has 2 rings (SSSR count). The molecule has 0 amide bonds. The van der Waals surface area contributed by atoms with E-state index in [1.165, 1.54) is 12.8 Å². The van der Waals surface area contributed by atoms with Crippen molar-refractivity contribution in [3.63, 3.8) is 0 Å². The minimum Gasteiger partial charge on any atom is -0.0628 e. The van der Waals surface area contributed by atoms with Gasteiger partial charge in [0, 0.05) is 0 Å². The van der Waals surface area contributed by atoms with Crippen molar-refractivity contribution < 1.29 is 0 Å². The van der Waals surface area contributed by atoms with Crippen LogP contribution in [0.3, 0.4) is 0 Å². The minimum absolute atomic E-state index is 0.825. The van der Waals surface area contributed by atoms with E-state index < -0.39 is 0 Å². The molecule has 2 saturated carbocycles. The summed E-state index contributed by atoms with van der Waals surface area (Å²) in [5.74, 6) is 4.08. The smallest absolute Gasteiger partial charge is 0.0266 e. The van der Waals surface area contributed by atoms with Crippen LogP contribution in [0, 0.1) is 29.1 Å². The maximum Gasteiger partial charge on any atom is -0.0266 e. The molecule has 4 unspecified atom stereocenters. The predicted octanol–water partition coefficient (Wildman–Crippen LogP) is 4.10. The lowest BCUT2D eigenvalue weighted by atomic mass is 9.69. The first-order valence-corrected chi connectivity index (χ1v) is 6.02. The summed E-state index contributed by atoms with van der Waals surface area (Å²) in [5, 5.41) is 0. The monoisotopic (exact) mass is 180 g/mol. The average Bonchev–Trinajstić information content (AvgIpc) is 2.51. The molecule has 0 aromatic carbocycles. The van der Waals surface area contributed by atoms with E-state index in [4.69, 9.17) is 0 Å². The topological polar surface area (TPSA) is 0 Å². The van der Waals surface area contributed by atoms with Crippen molar-refractivity contribution >= 4 is 0 Å². The summed E-state index contributed by atoms with van der Waals surface area (Å²) >= 11 is 0. The van der Waals surface area contributed by atoms with Gasteiger partial charge in [0.05, 0.1) is 0 Å². The standard InChI is InChI=1S/C13H24/c1-9(2)5-10(3)6-11-7-12-8-13(11,12)4/h9-12H,5-8H2,1-4H3. The molecular formula is C13H24. The second kappa shape index (κ2) is 3.00. The molecule has 0 spiro atoms. The molecular weight excluding hydrogens is 156 g/mol. The van der Waals surface area contributed by atoms with Gasteiger partial charge >= 0.3 is 0 Å². The van der Waals surface area contributed by atoms with Gasteiger partial charge in [-0.15, -0.1) is 0 Å². The maximum absolute atomic E-state index is 2.51. The molecule has 0 bridgehead atoms. The van der Waals surface area contributed by atoms with E-state index in [0.717, 1.165) is 29.1 Å². The number of hydrogen-bond acceptors (Lipinski definition) is 0. The second-order valence-electron chi connectivity index (χ2n) is 6.31. The van der Waals surface area contributed by atoms with E-state index in [1.807, 2.05) is 0 Å². The predicted molar refractivity (Wildman–Crippen MR) is 57.6 cm³/mol. The third kappa shape index (κ3) is 1.65. The van der Waals surface area contributed by atoms with Crippen molar-refractivity contribution in [3.8, 4) is 0 Å². The highest BCUT2D eigenvalue weighted by molar-refractivity contribution is 5.12. The zero-order valence-electron chi connectivity index (χ0n) is 9.64. The van der Waals surface area contributed by atoms with Gasteiger partial charge in [0.2, 0.25) is 0 Å². The number of hydrogen-bond donors (Lipinski definition) is 0. The lowest BCUT2D eigenvalue weighted by Crippen LogP contribution is -2.27. The van der Waals surface area contributed by atoms with Gasteiger partial charge in [-0.3, -0.25) is 0 Å². The summed E-state index contributed by atoms with van der Waals surface area (Å²) in [4.78, 5) is 0. The van der Waals surface area contributed by atoms with Crippen molar-refractivity contribution in [1.29, 1.82) is 0 Å². The highest BCUT2D eigenvalue weighted by Crippen LogP contribution is 2.72. The first-order valence-electron chi connectivity index (χ1n) is 6.02. The Morgan fingerprint density at radius 3 is 2.38 bits per heavy atom. The van der Waals surface area contributed by atoms with Gasteiger partial charge in [0.15, 0.2) is 0 Å². The van der Waals surface area contributed by atoms with Crippen molar-refractivity contribution in [3.05, 3.63) is 0 Å². The summed E-state index contributed by atoms with van der Waals surface area (Å²) in [6, 6.07) is 0. The van der Waals surface area contributed by atoms with Crippen LogP contribution in [-0.4, -0.2) is 0 Å². The van der Waals surface area contributed by atoms with Crippen LogP contribution in [0.5, 0.6) is 0 Å². The van der Waals surface area contributed by atoms with Crippen LogP contribution in [-0.2, 0) is 0 Å². The Kier molecular flexibility index (Phi) is 2.20. The average molecular weight is 180 g/mol. The van der Waals surface area contributed by atoms with Crippen LogP contribution >= 0.6 is 0 Å². The van der Waals surface area contributed by atoms with E-state index in [-0.39, 0.29) is 0 Å². The van der Waals surface area contributed by atoms with Crippen molar-refractivity contribution in [2.75, 3.05) is 0 Å². The minimum atomic E-state index is 0.825. The Morgan fingerprint density at radius 1 is 1.31 bits per heavy atom. The first-order chi connectivity index (χ1) is 6.02. The molecule has 2 fully saturated rings. The Hall–Kier alpha value is 0. The lowest BCUT2D eigenvalue weighted by molar-refractivity contribution is 0.138. The SMILES string of the molecule is CC(C)CC(C)CC1CC2CC12C. The quantitative estimate of drug-likeness (QED) is 0.611. The van der Waals surface area contributed by atoms with E-state index in [9.17, 15) is 0 Å².